The van der Waals surface area contributed by atoms with Crippen LogP contribution in [0.25, 0.3) is 31.3 Å². The summed E-state index contributed by atoms with van der Waals surface area (Å²) in [5, 5.41) is 2.48. The molecule has 2 aliphatic heterocycles. The molecule has 0 unspecified atom stereocenters. The molecule has 7 aromatic carbocycles. The zero-order chi connectivity index (χ0) is 42.7. The Labute approximate surface area is 366 Å². The minimum absolute atomic E-state index is 0.0311. The summed E-state index contributed by atoms with van der Waals surface area (Å²) >= 11 is 1.87. The van der Waals surface area contributed by atoms with E-state index in [0.717, 1.165) is 56.6 Å². The molecule has 61 heavy (non-hydrogen) atoms. The van der Waals surface area contributed by atoms with E-state index in [1.807, 2.05) is 11.3 Å². The number of fused-ring (bicyclic) bond motifs is 8. The third-order valence-electron chi connectivity index (χ3n) is 12.7. The first-order chi connectivity index (χ1) is 28.9. The topological polar surface area (TPSA) is 21.7 Å². The van der Waals surface area contributed by atoms with Gasteiger partial charge in [-0.25, -0.2) is 0 Å². The van der Waals surface area contributed by atoms with Gasteiger partial charge in [-0.15, -0.1) is 11.3 Å². The van der Waals surface area contributed by atoms with E-state index < -0.39 is 0 Å². The zero-order valence-corrected chi connectivity index (χ0v) is 38.2. The summed E-state index contributed by atoms with van der Waals surface area (Å²) < 4.78 is 16.8. The first-order valence-corrected chi connectivity index (χ1v) is 22.5. The van der Waals surface area contributed by atoms with Crippen molar-refractivity contribution < 1.29 is 9.47 Å². The molecular formula is C56H54BNO2S. The first kappa shape index (κ1) is 39.4. The van der Waals surface area contributed by atoms with Crippen LogP contribution in [0, 0.1) is 13.8 Å². The molecule has 0 aliphatic carbocycles. The highest BCUT2D eigenvalue weighted by Crippen LogP contribution is 2.49. The van der Waals surface area contributed by atoms with Crippen LogP contribution in [-0.4, -0.2) is 6.71 Å². The molecule has 2 aliphatic rings. The second-order valence-corrected chi connectivity index (χ2v) is 21.5. The second-order valence-electron chi connectivity index (χ2n) is 20.4. The van der Waals surface area contributed by atoms with E-state index in [1.165, 1.54) is 58.9 Å². The van der Waals surface area contributed by atoms with Crippen LogP contribution in [0.2, 0.25) is 0 Å². The predicted octanol–water partition coefficient (Wildman–Crippen LogP) is 14.4. The molecule has 3 heterocycles. The van der Waals surface area contributed by atoms with Gasteiger partial charge in [-0.1, -0.05) is 146 Å². The summed E-state index contributed by atoms with van der Waals surface area (Å²) in [6.07, 6.45) is 0. The molecular weight excluding hydrogens is 761 g/mol. The Morgan fingerprint density at radius 3 is 1.57 bits per heavy atom. The van der Waals surface area contributed by atoms with Crippen LogP contribution < -0.4 is 30.8 Å². The van der Waals surface area contributed by atoms with Gasteiger partial charge in [-0.3, -0.25) is 0 Å². The molecule has 0 bridgehead atoms. The molecule has 0 spiro atoms. The molecule has 0 fully saturated rings. The van der Waals surface area contributed by atoms with Crippen molar-refractivity contribution in [3.05, 3.63) is 155 Å². The summed E-state index contributed by atoms with van der Waals surface area (Å²) in [4.78, 5) is 2.45. The highest BCUT2D eigenvalue weighted by Gasteiger charge is 2.43. The normalized spacial score (nSPS) is 13.4. The van der Waals surface area contributed by atoms with Crippen molar-refractivity contribution in [2.45, 2.75) is 92.4 Å². The van der Waals surface area contributed by atoms with Crippen molar-refractivity contribution in [3.63, 3.8) is 0 Å². The molecule has 5 heteroatoms. The molecule has 0 N–H and O–H groups in total. The third kappa shape index (κ3) is 6.73. The van der Waals surface area contributed by atoms with Crippen molar-refractivity contribution in [1.29, 1.82) is 0 Å². The van der Waals surface area contributed by atoms with E-state index in [1.54, 1.807) is 0 Å². The molecule has 304 valence electrons. The smallest absolute Gasteiger partial charge is 0.262 e. The van der Waals surface area contributed by atoms with Gasteiger partial charge in [-0.05, 0) is 117 Å². The summed E-state index contributed by atoms with van der Waals surface area (Å²) in [6.45, 7) is 24.8. The van der Waals surface area contributed by atoms with E-state index in [9.17, 15) is 0 Å². The van der Waals surface area contributed by atoms with Gasteiger partial charge in [0, 0.05) is 43.1 Å². The maximum Gasteiger partial charge on any atom is 0.262 e. The van der Waals surface area contributed by atoms with Gasteiger partial charge in [0.2, 0.25) is 0 Å². The molecule has 1 aromatic heterocycles. The Morgan fingerprint density at radius 2 is 1.00 bits per heavy atom. The Kier molecular flexibility index (Phi) is 8.95. The lowest BCUT2D eigenvalue weighted by molar-refractivity contribution is 0.465. The summed E-state index contributed by atoms with van der Waals surface area (Å²) in [5.74, 6) is 3.49. The Hall–Kier alpha value is -5.78. The van der Waals surface area contributed by atoms with Crippen molar-refractivity contribution >= 4 is 71.7 Å². The average Bonchev–Trinajstić information content (AvgIpc) is 3.59. The van der Waals surface area contributed by atoms with Crippen LogP contribution in [0.1, 0.15) is 90.1 Å². The van der Waals surface area contributed by atoms with Crippen LogP contribution in [0.15, 0.2) is 127 Å². The fourth-order valence-electron chi connectivity index (χ4n) is 9.45. The van der Waals surface area contributed by atoms with Crippen molar-refractivity contribution in [2.24, 2.45) is 0 Å². The number of hydrogen-bond acceptors (Lipinski definition) is 4. The molecule has 0 radical (unpaired) electrons. The van der Waals surface area contributed by atoms with Crippen molar-refractivity contribution in [3.8, 4) is 34.1 Å². The van der Waals surface area contributed by atoms with E-state index in [2.05, 4.69) is 208 Å². The Bertz CT molecular complexity index is 2970. The Morgan fingerprint density at radius 1 is 0.492 bits per heavy atom. The first-order valence-electron chi connectivity index (χ1n) is 21.7. The highest BCUT2D eigenvalue weighted by atomic mass is 32.1. The molecule has 10 rings (SSSR count). The van der Waals surface area contributed by atoms with E-state index in [-0.39, 0.29) is 23.0 Å². The van der Waals surface area contributed by atoms with Crippen LogP contribution in [0.5, 0.6) is 23.0 Å². The minimum Gasteiger partial charge on any atom is -0.458 e. The van der Waals surface area contributed by atoms with E-state index >= 15 is 0 Å². The lowest BCUT2D eigenvalue weighted by atomic mass is 9.34. The predicted molar refractivity (Wildman–Crippen MR) is 263 cm³/mol. The maximum atomic E-state index is 7.35. The van der Waals surface area contributed by atoms with Gasteiger partial charge >= 0.3 is 0 Å². The number of aryl methyl sites for hydroxylation is 2. The number of nitrogens with zero attached hydrogens (tertiary/aromatic N) is 1. The fraction of sp³-hybridized carbons (Fsp3) is 0.250. The summed E-state index contributed by atoms with van der Waals surface area (Å²) in [5.41, 5.74) is 15.4. The largest absolute Gasteiger partial charge is 0.458 e. The molecule has 0 atom stereocenters. The lowest BCUT2D eigenvalue weighted by Crippen LogP contribution is -2.57. The Balaban J connectivity index is 1.28. The fourth-order valence-corrected chi connectivity index (χ4v) is 10.7. The number of ether oxygens (including phenoxy) is 2. The average molecular weight is 816 g/mol. The van der Waals surface area contributed by atoms with Crippen molar-refractivity contribution in [1.82, 2.24) is 0 Å². The minimum atomic E-state index is -0.0942. The van der Waals surface area contributed by atoms with E-state index in [0.29, 0.717) is 0 Å². The van der Waals surface area contributed by atoms with Crippen LogP contribution >= 0.6 is 11.3 Å². The highest BCUT2D eigenvalue weighted by molar-refractivity contribution is 7.28. The van der Waals surface area contributed by atoms with E-state index in [4.69, 9.17) is 9.47 Å². The van der Waals surface area contributed by atoms with Gasteiger partial charge in [0.1, 0.15) is 23.0 Å². The number of hydrogen-bond donors (Lipinski definition) is 0. The monoisotopic (exact) mass is 815 g/mol. The van der Waals surface area contributed by atoms with Crippen LogP contribution in [-0.2, 0) is 16.2 Å². The van der Waals surface area contributed by atoms with Gasteiger partial charge in [0.15, 0.2) is 0 Å². The molecule has 0 amide bonds. The van der Waals surface area contributed by atoms with Crippen molar-refractivity contribution in [2.75, 3.05) is 4.90 Å². The summed E-state index contributed by atoms with van der Waals surface area (Å²) in [7, 11) is 0. The maximum absolute atomic E-state index is 7.35. The number of rotatable bonds is 4. The number of benzene rings is 7. The SMILES string of the molecule is Cc1cc(C)cc(-c2cc3c4c(c2)Oc2cc(N(c5ccc(C(C)(C)C)cc5)c5ccc(C(C)(C)C)cc5)c5c(sc6ccccc65)c2B4c2cc(C(C)(C)C)ccc2O3)c1. The van der Waals surface area contributed by atoms with Crippen LogP contribution in [0.3, 0.4) is 0 Å². The molecule has 3 nitrogen and oxygen atoms in total. The zero-order valence-electron chi connectivity index (χ0n) is 37.4. The van der Waals surface area contributed by atoms with Gasteiger partial charge in [0.25, 0.3) is 6.71 Å². The standard InChI is InChI=1S/C56H54BNO2S/c1-33-26-34(2)28-35(27-33)36-29-46-51-47(30-36)60-48-32-44(58(40-21-16-37(17-22-40)54(3,4)5)41-23-18-38(19-24-41)55(6,7)8)50-42-14-12-13-15-49(42)61-53(50)52(48)57(51)43-31-39(56(9,10)11)20-25-45(43)59-46/h12-32H,1-11H3. The van der Waals surface area contributed by atoms with Crippen LogP contribution in [0.4, 0.5) is 17.1 Å². The van der Waals surface area contributed by atoms with Gasteiger partial charge < -0.3 is 14.4 Å². The summed E-state index contributed by atoms with van der Waals surface area (Å²) in [6, 6.07) is 47.6. The van der Waals surface area contributed by atoms with Gasteiger partial charge in [0.05, 0.1) is 5.69 Å². The second kappa shape index (κ2) is 13.9. The number of thiophene rings is 1. The lowest BCUT2D eigenvalue weighted by Gasteiger charge is -2.36. The molecule has 8 aromatic rings. The molecule has 0 saturated heterocycles. The molecule has 0 saturated carbocycles. The number of anilines is 3. The third-order valence-corrected chi connectivity index (χ3v) is 13.9. The quantitative estimate of drug-likeness (QED) is 0.165. The van der Waals surface area contributed by atoms with Gasteiger partial charge in [-0.2, -0.15) is 0 Å².